The number of rotatable bonds is 5. The van der Waals surface area contributed by atoms with Crippen LogP contribution in [0, 0.1) is 0 Å². The molecule has 0 aliphatic carbocycles. The quantitative estimate of drug-likeness (QED) is 0.802. The standard InChI is InChI=1S/C11H14ClN5O2S/c1-2-17-7-14-16-11(17)6-15-20(18,19)10-4-3-8(12)5-9(10)13/h3-5,7,15H,2,6,13H2,1H3. The summed E-state index contributed by atoms with van der Waals surface area (Å²) in [5.41, 5.74) is 5.77. The van der Waals surface area contributed by atoms with Crippen molar-refractivity contribution in [3.05, 3.63) is 35.4 Å². The lowest BCUT2D eigenvalue weighted by Gasteiger charge is -2.09. The third-order valence-corrected chi connectivity index (χ3v) is 4.43. The van der Waals surface area contributed by atoms with Gasteiger partial charge in [-0.25, -0.2) is 13.1 Å². The Morgan fingerprint density at radius 2 is 2.20 bits per heavy atom. The highest BCUT2D eigenvalue weighted by Crippen LogP contribution is 2.22. The number of nitrogens with zero attached hydrogens (tertiary/aromatic N) is 3. The van der Waals surface area contributed by atoms with Crippen LogP contribution in [0.25, 0.3) is 0 Å². The lowest BCUT2D eigenvalue weighted by atomic mass is 10.3. The molecule has 0 saturated heterocycles. The fourth-order valence-corrected chi connectivity index (χ4v) is 2.95. The number of hydrogen-bond donors (Lipinski definition) is 2. The molecule has 108 valence electrons. The summed E-state index contributed by atoms with van der Waals surface area (Å²) in [6.45, 7) is 2.62. The van der Waals surface area contributed by atoms with Crippen LogP contribution in [0.4, 0.5) is 5.69 Å². The Hall–Kier alpha value is -1.64. The van der Waals surface area contributed by atoms with E-state index in [1.165, 1.54) is 18.2 Å². The molecule has 9 heteroatoms. The van der Waals surface area contributed by atoms with Gasteiger partial charge in [-0.1, -0.05) is 11.6 Å². The molecule has 0 radical (unpaired) electrons. The van der Waals surface area contributed by atoms with Crippen LogP contribution in [0.15, 0.2) is 29.4 Å². The summed E-state index contributed by atoms with van der Waals surface area (Å²) < 4.78 is 28.5. The smallest absolute Gasteiger partial charge is 0.243 e. The number of aromatic nitrogens is 3. The van der Waals surface area contributed by atoms with Gasteiger partial charge in [-0.15, -0.1) is 10.2 Å². The number of hydrogen-bond acceptors (Lipinski definition) is 5. The maximum atomic E-state index is 12.2. The van der Waals surface area contributed by atoms with Crippen LogP contribution in [0.5, 0.6) is 0 Å². The molecule has 0 bridgehead atoms. The number of anilines is 1. The monoisotopic (exact) mass is 315 g/mol. The van der Waals surface area contributed by atoms with Crippen LogP contribution in [0.1, 0.15) is 12.7 Å². The number of sulfonamides is 1. The van der Waals surface area contributed by atoms with E-state index < -0.39 is 10.0 Å². The van der Waals surface area contributed by atoms with Crippen molar-refractivity contribution in [2.45, 2.75) is 24.9 Å². The summed E-state index contributed by atoms with van der Waals surface area (Å²) in [7, 11) is -3.72. The molecule has 0 amide bonds. The van der Waals surface area contributed by atoms with E-state index in [0.717, 1.165) is 0 Å². The second-order valence-corrected chi connectivity index (χ2v) is 6.21. The molecule has 0 saturated carbocycles. The fourth-order valence-electron chi connectivity index (χ4n) is 1.68. The molecule has 2 aromatic rings. The highest BCUT2D eigenvalue weighted by molar-refractivity contribution is 7.89. The summed E-state index contributed by atoms with van der Waals surface area (Å²) in [6.07, 6.45) is 1.54. The second kappa shape index (κ2) is 5.78. The minimum Gasteiger partial charge on any atom is -0.398 e. The van der Waals surface area contributed by atoms with Gasteiger partial charge in [0.2, 0.25) is 10.0 Å². The highest BCUT2D eigenvalue weighted by Gasteiger charge is 2.18. The summed E-state index contributed by atoms with van der Waals surface area (Å²) in [5.74, 6) is 0.531. The van der Waals surface area contributed by atoms with Crippen molar-refractivity contribution in [1.82, 2.24) is 19.5 Å². The van der Waals surface area contributed by atoms with Crippen LogP contribution in [-0.4, -0.2) is 23.2 Å². The predicted molar refractivity (Wildman–Crippen MR) is 75.6 cm³/mol. The van der Waals surface area contributed by atoms with E-state index in [1.807, 2.05) is 6.92 Å². The van der Waals surface area contributed by atoms with Crippen LogP contribution >= 0.6 is 11.6 Å². The summed E-state index contributed by atoms with van der Waals surface area (Å²) in [6, 6.07) is 4.23. The number of nitrogens with two attached hydrogens (primary N) is 1. The Labute approximate surface area is 121 Å². The molecule has 1 heterocycles. The lowest BCUT2D eigenvalue weighted by Crippen LogP contribution is -2.25. The van der Waals surface area contributed by atoms with E-state index >= 15 is 0 Å². The molecule has 3 N–H and O–H groups in total. The molecule has 2 rings (SSSR count). The van der Waals surface area contributed by atoms with Crippen molar-refractivity contribution in [2.75, 3.05) is 5.73 Å². The van der Waals surface area contributed by atoms with Gasteiger partial charge in [0, 0.05) is 11.6 Å². The minimum atomic E-state index is -3.72. The Morgan fingerprint density at radius 3 is 2.85 bits per heavy atom. The average Bonchev–Trinajstić information content (AvgIpc) is 2.83. The van der Waals surface area contributed by atoms with E-state index in [4.69, 9.17) is 17.3 Å². The molecule has 0 unspecified atom stereocenters. The molecule has 0 aliphatic rings. The van der Waals surface area contributed by atoms with E-state index in [9.17, 15) is 8.42 Å². The molecule has 0 aliphatic heterocycles. The first kappa shape index (κ1) is 14.8. The van der Waals surface area contributed by atoms with Gasteiger partial charge in [0.1, 0.15) is 17.0 Å². The highest BCUT2D eigenvalue weighted by atomic mass is 35.5. The Balaban J connectivity index is 2.19. The van der Waals surface area contributed by atoms with Gasteiger partial charge >= 0.3 is 0 Å². The summed E-state index contributed by atoms with van der Waals surface area (Å²) in [4.78, 5) is -0.00976. The number of nitrogen functional groups attached to an aromatic ring is 1. The van der Waals surface area contributed by atoms with Crippen LogP contribution < -0.4 is 10.5 Å². The normalized spacial score (nSPS) is 11.7. The molecule has 0 atom stereocenters. The van der Waals surface area contributed by atoms with Crippen LogP contribution in [-0.2, 0) is 23.1 Å². The summed E-state index contributed by atoms with van der Waals surface area (Å²) in [5, 5.41) is 7.97. The second-order valence-electron chi connectivity index (χ2n) is 4.04. The first-order valence-corrected chi connectivity index (χ1v) is 7.71. The van der Waals surface area contributed by atoms with Gasteiger partial charge < -0.3 is 10.3 Å². The van der Waals surface area contributed by atoms with E-state index in [-0.39, 0.29) is 17.1 Å². The van der Waals surface area contributed by atoms with Gasteiger partial charge in [-0.3, -0.25) is 0 Å². The number of benzene rings is 1. The molecule has 20 heavy (non-hydrogen) atoms. The number of aryl methyl sites for hydroxylation is 1. The molecule has 0 fully saturated rings. The molecule has 1 aromatic carbocycles. The first-order chi connectivity index (χ1) is 9.44. The lowest BCUT2D eigenvalue weighted by molar-refractivity contribution is 0.575. The SMILES string of the molecule is CCn1cnnc1CNS(=O)(=O)c1ccc(Cl)cc1N. The number of nitrogens with one attached hydrogen (secondary N) is 1. The van der Waals surface area contributed by atoms with E-state index in [2.05, 4.69) is 14.9 Å². The van der Waals surface area contributed by atoms with Gasteiger partial charge in [-0.2, -0.15) is 0 Å². The minimum absolute atomic E-state index is 0.00976. The van der Waals surface area contributed by atoms with E-state index in [0.29, 0.717) is 17.4 Å². The van der Waals surface area contributed by atoms with Crippen LogP contribution in [0.3, 0.4) is 0 Å². The molecule has 0 spiro atoms. The Morgan fingerprint density at radius 1 is 1.45 bits per heavy atom. The van der Waals surface area contributed by atoms with Crippen molar-refractivity contribution in [2.24, 2.45) is 0 Å². The summed E-state index contributed by atoms with van der Waals surface area (Å²) >= 11 is 5.75. The van der Waals surface area contributed by atoms with Crippen molar-refractivity contribution in [3.8, 4) is 0 Å². The Bertz CT molecular complexity index is 713. The molecule has 7 nitrogen and oxygen atoms in total. The third kappa shape index (κ3) is 3.09. The number of halogens is 1. The van der Waals surface area contributed by atoms with Gasteiger partial charge in [-0.05, 0) is 25.1 Å². The molecule has 1 aromatic heterocycles. The topological polar surface area (TPSA) is 103 Å². The molecular formula is C11H14ClN5O2S. The average molecular weight is 316 g/mol. The maximum Gasteiger partial charge on any atom is 0.243 e. The first-order valence-electron chi connectivity index (χ1n) is 5.85. The zero-order valence-corrected chi connectivity index (χ0v) is 12.3. The van der Waals surface area contributed by atoms with E-state index in [1.54, 1.807) is 10.9 Å². The fraction of sp³-hybridized carbons (Fsp3) is 0.273. The zero-order valence-electron chi connectivity index (χ0n) is 10.7. The predicted octanol–water partition coefficient (Wildman–Crippen LogP) is 1.01. The molecular weight excluding hydrogens is 302 g/mol. The largest absolute Gasteiger partial charge is 0.398 e. The van der Waals surface area contributed by atoms with Crippen molar-refractivity contribution in [1.29, 1.82) is 0 Å². The van der Waals surface area contributed by atoms with Crippen molar-refractivity contribution >= 4 is 27.3 Å². The Kier molecular flexibility index (Phi) is 4.26. The van der Waals surface area contributed by atoms with Crippen molar-refractivity contribution in [3.63, 3.8) is 0 Å². The van der Waals surface area contributed by atoms with Crippen LogP contribution in [0.2, 0.25) is 5.02 Å². The van der Waals surface area contributed by atoms with Gasteiger partial charge in [0.15, 0.2) is 0 Å². The zero-order chi connectivity index (χ0) is 14.8. The van der Waals surface area contributed by atoms with Gasteiger partial charge in [0.05, 0.1) is 12.2 Å². The van der Waals surface area contributed by atoms with Gasteiger partial charge in [0.25, 0.3) is 0 Å². The van der Waals surface area contributed by atoms with Crippen molar-refractivity contribution < 1.29 is 8.42 Å². The third-order valence-electron chi connectivity index (χ3n) is 2.72. The maximum absolute atomic E-state index is 12.2.